The lowest BCUT2D eigenvalue weighted by Crippen LogP contribution is -2.55. The molecule has 3 heterocycles. The van der Waals surface area contributed by atoms with Crippen molar-refractivity contribution in [2.45, 2.75) is 57.3 Å². The summed E-state index contributed by atoms with van der Waals surface area (Å²) in [6.07, 6.45) is 2.73. The van der Waals surface area contributed by atoms with Crippen molar-refractivity contribution in [2.24, 2.45) is 0 Å². The second kappa shape index (κ2) is 9.22. The maximum Gasteiger partial charge on any atom is 0.409 e. The Hall–Kier alpha value is -2.32. The largest absolute Gasteiger partial charge is 0.488 e. The van der Waals surface area contributed by atoms with Crippen LogP contribution in [0.5, 0.6) is 5.75 Å². The third-order valence-corrected chi connectivity index (χ3v) is 6.32. The number of likely N-dealkylation sites (tertiary alicyclic amines) is 2. The van der Waals surface area contributed by atoms with Crippen molar-refractivity contribution in [3.05, 3.63) is 23.8 Å². The minimum absolute atomic E-state index is 0.0482. The van der Waals surface area contributed by atoms with Crippen molar-refractivity contribution in [3.8, 4) is 5.75 Å². The molecule has 30 heavy (non-hydrogen) atoms. The first-order chi connectivity index (χ1) is 14.5. The molecule has 3 aliphatic heterocycles. The van der Waals surface area contributed by atoms with Crippen LogP contribution >= 0.6 is 0 Å². The van der Waals surface area contributed by atoms with Crippen LogP contribution in [-0.2, 0) is 16.0 Å². The molecule has 8 nitrogen and oxygen atoms in total. The minimum Gasteiger partial charge on any atom is -0.488 e. The van der Waals surface area contributed by atoms with Crippen LogP contribution in [0.4, 0.5) is 10.5 Å². The number of aliphatic hydroxyl groups excluding tert-OH is 1. The van der Waals surface area contributed by atoms with Crippen LogP contribution in [-0.4, -0.2) is 77.9 Å². The summed E-state index contributed by atoms with van der Waals surface area (Å²) < 4.78 is 11.2. The molecule has 0 spiro atoms. The number of hydrogen-bond donors (Lipinski definition) is 2. The van der Waals surface area contributed by atoms with E-state index in [2.05, 4.69) is 10.2 Å². The number of fused-ring (bicyclic) bond motifs is 1. The van der Waals surface area contributed by atoms with E-state index >= 15 is 0 Å². The van der Waals surface area contributed by atoms with Gasteiger partial charge in [0.1, 0.15) is 18.0 Å². The maximum atomic E-state index is 11.9. The number of β-amino-alcohol motifs (C(OH)–C–C–N with tert-alkyl or cyclic N) is 1. The van der Waals surface area contributed by atoms with E-state index < -0.39 is 6.10 Å². The lowest BCUT2D eigenvalue weighted by Gasteiger charge is -2.43. The van der Waals surface area contributed by atoms with Gasteiger partial charge >= 0.3 is 6.09 Å². The zero-order valence-electron chi connectivity index (χ0n) is 17.5. The van der Waals surface area contributed by atoms with Crippen molar-refractivity contribution in [3.63, 3.8) is 0 Å². The van der Waals surface area contributed by atoms with E-state index in [4.69, 9.17) is 9.47 Å². The number of piperidine rings is 2. The standard InChI is InChI=1S/C22H31N3O5/c1-2-29-22(28)24-10-7-16(8-11-24)25-12-9-20(19(26)14-25)30-17-4-5-18-15(13-17)3-6-21(27)23-18/h4-5,13,16,19-20,26H,2-3,6-12,14H2,1H3,(H,23,27)/t19-,20-/m1/s1. The fraction of sp³-hybridized carbons (Fsp3) is 0.636. The normalized spacial score (nSPS) is 25.4. The number of carbonyl (C=O) groups is 2. The zero-order valence-corrected chi connectivity index (χ0v) is 17.5. The van der Waals surface area contributed by atoms with E-state index in [1.54, 1.807) is 4.90 Å². The van der Waals surface area contributed by atoms with Gasteiger partial charge in [0.2, 0.25) is 5.91 Å². The van der Waals surface area contributed by atoms with Gasteiger partial charge in [-0.15, -0.1) is 0 Å². The number of aryl methyl sites for hydroxylation is 1. The van der Waals surface area contributed by atoms with Crippen LogP contribution < -0.4 is 10.1 Å². The highest BCUT2D eigenvalue weighted by molar-refractivity contribution is 5.94. The lowest BCUT2D eigenvalue weighted by atomic mass is 9.97. The van der Waals surface area contributed by atoms with Gasteiger partial charge in [-0.2, -0.15) is 0 Å². The zero-order chi connectivity index (χ0) is 21.1. The fourth-order valence-corrected chi connectivity index (χ4v) is 4.64. The quantitative estimate of drug-likeness (QED) is 0.779. The summed E-state index contributed by atoms with van der Waals surface area (Å²) in [5.74, 6) is 0.789. The van der Waals surface area contributed by atoms with E-state index in [1.807, 2.05) is 25.1 Å². The van der Waals surface area contributed by atoms with Crippen molar-refractivity contribution >= 4 is 17.7 Å². The van der Waals surface area contributed by atoms with E-state index in [9.17, 15) is 14.7 Å². The number of nitrogens with one attached hydrogen (secondary N) is 1. The van der Waals surface area contributed by atoms with Gasteiger partial charge in [0.15, 0.2) is 0 Å². The summed E-state index contributed by atoms with van der Waals surface area (Å²) >= 11 is 0. The third-order valence-electron chi connectivity index (χ3n) is 6.32. The van der Waals surface area contributed by atoms with Gasteiger partial charge in [-0.3, -0.25) is 9.69 Å². The maximum absolute atomic E-state index is 11.9. The Balaban J connectivity index is 1.28. The van der Waals surface area contributed by atoms with E-state index in [0.717, 1.165) is 42.8 Å². The van der Waals surface area contributed by atoms with Gasteiger partial charge in [-0.25, -0.2) is 4.79 Å². The van der Waals surface area contributed by atoms with Crippen LogP contribution in [0.1, 0.15) is 38.2 Å². The predicted octanol–water partition coefficient (Wildman–Crippen LogP) is 2.01. The van der Waals surface area contributed by atoms with Crippen molar-refractivity contribution in [2.75, 3.05) is 38.1 Å². The van der Waals surface area contributed by atoms with Gasteiger partial charge in [-0.05, 0) is 56.4 Å². The molecular formula is C22H31N3O5. The molecule has 0 bridgehead atoms. The third kappa shape index (κ3) is 4.70. The van der Waals surface area contributed by atoms with Crippen LogP contribution in [0.3, 0.4) is 0 Å². The van der Waals surface area contributed by atoms with Crippen molar-refractivity contribution in [1.82, 2.24) is 9.80 Å². The molecule has 1 aromatic rings. The predicted molar refractivity (Wildman–Crippen MR) is 112 cm³/mol. The number of anilines is 1. The van der Waals surface area contributed by atoms with Crippen molar-refractivity contribution in [1.29, 1.82) is 0 Å². The Bertz CT molecular complexity index is 778. The Morgan fingerprint density at radius 1 is 1.20 bits per heavy atom. The van der Waals surface area contributed by atoms with Crippen LogP contribution in [0.25, 0.3) is 0 Å². The smallest absolute Gasteiger partial charge is 0.409 e. The number of rotatable bonds is 4. The number of benzene rings is 1. The molecule has 0 saturated carbocycles. The summed E-state index contributed by atoms with van der Waals surface area (Å²) in [6, 6.07) is 6.08. The first kappa shape index (κ1) is 20.9. The molecule has 2 N–H and O–H groups in total. The summed E-state index contributed by atoms with van der Waals surface area (Å²) in [7, 11) is 0. The lowest BCUT2D eigenvalue weighted by molar-refractivity contribution is -0.116. The monoisotopic (exact) mass is 417 g/mol. The van der Waals surface area contributed by atoms with E-state index in [-0.39, 0.29) is 18.1 Å². The number of hydrogen-bond acceptors (Lipinski definition) is 6. The Kier molecular flexibility index (Phi) is 6.43. The van der Waals surface area contributed by atoms with Gasteiger partial charge in [0, 0.05) is 44.3 Å². The molecule has 4 rings (SSSR count). The highest BCUT2D eigenvalue weighted by Crippen LogP contribution is 2.29. The molecule has 2 fully saturated rings. The van der Waals surface area contributed by atoms with Gasteiger partial charge < -0.3 is 24.8 Å². The summed E-state index contributed by atoms with van der Waals surface area (Å²) in [5.41, 5.74) is 1.93. The summed E-state index contributed by atoms with van der Waals surface area (Å²) in [6.45, 7) is 5.06. The van der Waals surface area contributed by atoms with Crippen LogP contribution in [0, 0.1) is 0 Å². The molecule has 2 atom stereocenters. The van der Waals surface area contributed by atoms with E-state index in [0.29, 0.717) is 45.1 Å². The molecule has 0 radical (unpaired) electrons. The molecule has 2 saturated heterocycles. The highest BCUT2D eigenvalue weighted by Gasteiger charge is 2.35. The Morgan fingerprint density at radius 3 is 2.73 bits per heavy atom. The minimum atomic E-state index is -0.558. The fourth-order valence-electron chi connectivity index (χ4n) is 4.64. The van der Waals surface area contributed by atoms with Gasteiger partial charge in [0.05, 0.1) is 6.61 Å². The van der Waals surface area contributed by atoms with Crippen LogP contribution in [0.2, 0.25) is 0 Å². The molecule has 0 unspecified atom stereocenters. The second-order valence-corrected chi connectivity index (χ2v) is 8.29. The Morgan fingerprint density at radius 2 is 2.00 bits per heavy atom. The number of amides is 2. The molecule has 1 aromatic carbocycles. The molecule has 2 amide bonds. The first-order valence-electron chi connectivity index (χ1n) is 11.0. The number of aliphatic hydroxyl groups is 1. The number of ether oxygens (including phenoxy) is 2. The molecule has 0 aliphatic carbocycles. The molecular weight excluding hydrogens is 386 g/mol. The molecule has 164 valence electrons. The summed E-state index contributed by atoms with van der Waals surface area (Å²) in [5, 5.41) is 13.6. The van der Waals surface area contributed by atoms with Crippen LogP contribution in [0.15, 0.2) is 18.2 Å². The molecule has 8 heteroatoms. The highest BCUT2D eigenvalue weighted by atomic mass is 16.6. The number of carbonyl (C=O) groups excluding carboxylic acids is 2. The molecule has 3 aliphatic rings. The summed E-state index contributed by atoms with van der Waals surface area (Å²) in [4.78, 5) is 27.5. The number of nitrogens with zero attached hydrogens (tertiary/aromatic N) is 2. The SMILES string of the molecule is CCOC(=O)N1CCC(N2CC[C@@H](Oc3ccc4c(c3)CCC(=O)N4)[C@H](O)C2)CC1. The molecule has 0 aromatic heterocycles. The topological polar surface area (TPSA) is 91.3 Å². The van der Waals surface area contributed by atoms with E-state index in [1.165, 1.54) is 0 Å². The second-order valence-electron chi connectivity index (χ2n) is 8.29. The van der Waals surface area contributed by atoms with Gasteiger partial charge in [-0.1, -0.05) is 0 Å². The van der Waals surface area contributed by atoms with Crippen molar-refractivity contribution < 1.29 is 24.2 Å². The Labute approximate surface area is 177 Å². The van der Waals surface area contributed by atoms with Gasteiger partial charge in [0.25, 0.3) is 0 Å². The average molecular weight is 418 g/mol. The average Bonchev–Trinajstić information content (AvgIpc) is 2.75. The first-order valence-corrected chi connectivity index (χ1v) is 11.0.